The van der Waals surface area contributed by atoms with Crippen molar-refractivity contribution in [3.05, 3.63) is 34.3 Å². The Bertz CT molecular complexity index is 611. The van der Waals surface area contributed by atoms with E-state index in [-0.39, 0.29) is 17.9 Å². The largest absolute Gasteiger partial charge is 0.376 e. The number of nitrogens with one attached hydrogen (secondary N) is 1. The molecule has 3 rings (SSSR count). The average molecular weight is 424 g/mol. The van der Waals surface area contributed by atoms with Gasteiger partial charge >= 0.3 is 0 Å². The highest BCUT2D eigenvalue weighted by Crippen LogP contribution is 2.17. The fraction of sp³-hybridized carbons (Fsp3) is 0.579. The van der Waals surface area contributed by atoms with Crippen LogP contribution in [-0.4, -0.2) is 73.6 Å². The molecule has 1 aromatic carbocycles. The van der Waals surface area contributed by atoms with Gasteiger partial charge in [-0.2, -0.15) is 0 Å². The summed E-state index contributed by atoms with van der Waals surface area (Å²) in [6.45, 7) is 4.88. The van der Waals surface area contributed by atoms with Gasteiger partial charge in [0, 0.05) is 62.3 Å². The van der Waals surface area contributed by atoms with Crippen LogP contribution in [0.2, 0.25) is 0 Å². The Kier molecular flexibility index (Phi) is 7.05. The Morgan fingerprint density at radius 1 is 1.23 bits per heavy atom. The van der Waals surface area contributed by atoms with E-state index in [1.165, 1.54) is 0 Å². The first-order valence-corrected chi connectivity index (χ1v) is 10.1. The molecule has 1 atom stereocenters. The second-order valence-corrected chi connectivity index (χ2v) is 7.69. The van der Waals surface area contributed by atoms with Gasteiger partial charge in [0.1, 0.15) is 0 Å². The molecule has 1 N–H and O–H groups in total. The standard InChI is InChI=1S/C19H26BrN3O3/c20-16-5-3-15(4-6-16)19(25)23(14-17-2-1-13-26-17)10-7-18(24)22-11-8-21-9-12-22/h3-6,17,21H,1-2,7-14H2. The zero-order valence-electron chi connectivity index (χ0n) is 15.0. The molecule has 1 aromatic rings. The molecule has 0 spiro atoms. The molecule has 7 heteroatoms. The topological polar surface area (TPSA) is 61.9 Å². The van der Waals surface area contributed by atoms with Gasteiger partial charge in [0.15, 0.2) is 0 Å². The molecule has 6 nitrogen and oxygen atoms in total. The van der Waals surface area contributed by atoms with Crippen LogP contribution in [0.5, 0.6) is 0 Å². The van der Waals surface area contributed by atoms with Crippen LogP contribution in [0.15, 0.2) is 28.7 Å². The molecule has 0 aliphatic carbocycles. The summed E-state index contributed by atoms with van der Waals surface area (Å²) in [5, 5.41) is 3.25. The molecule has 2 aliphatic heterocycles. The first-order valence-electron chi connectivity index (χ1n) is 9.28. The molecule has 2 aliphatic rings. The second kappa shape index (κ2) is 9.48. The summed E-state index contributed by atoms with van der Waals surface area (Å²) in [5.74, 6) is 0.0774. The minimum Gasteiger partial charge on any atom is -0.376 e. The first-order chi connectivity index (χ1) is 12.6. The molecule has 0 bridgehead atoms. The third-order valence-electron chi connectivity index (χ3n) is 4.89. The van der Waals surface area contributed by atoms with Crippen molar-refractivity contribution in [3.8, 4) is 0 Å². The van der Waals surface area contributed by atoms with Crippen LogP contribution in [-0.2, 0) is 9.53 Å². The predicted octanol–water partition coefficient (Wildman–Crippen LogP) is 1.89. The van der Waals surface area contributed by atoms with Crippen LogP contribution in [0.1, 0.15) is 29.6 Å². The van der Waals surface area contributed by atoms with Crippen LogP contribution in [0.25, 0.3) is 0 Å². The van der Waals surface area contributed by atoms with Gasteiger partial charge in [0.05, 0.1) is 6.10 Å². The lowest BCUT2D eigenvalue weighted by Gasteiger charge is -2.30. The lowest BCUT2D eigenvalue weighted by molar-refractivity contribution is -0.132. The van der Waals surface area contributed by atoms with Gasteiger partial charge in [0.25, 0.3) is 5.91 Å². The molecule has 2 heterocycles. The molecule has 0 aromatic heterocycles. The van der Waals surface area contributed by atoms with Gasteiger partial charge in [-0.3, -0.25) is 9.59 Å². The predicted molar refractivity (Wildman–Crippen MR) is 103 cm³/mol. The Hall–Kier alpha value is -1.44. The van der Waals surface area contributed by atoms with E-state index in [0.717, 1.165) is 50.1 Å². The normalized spacial score (nSPS) is 20.2. The molecular formula is C19H26BrN3O3. The first kappa shape index (κ1) is 19.3. The minimum absolute atomic E-state index is 0.0406. The number of benzene rings is 1. The third-order valence-corrected chi connectivity index (χ3v) is 5.42. The number of carbonyl (C=O) groups excluding carboxylic acids is 2. The van der Waals surface area contributed by atoms with Crippen molar-refractivity contribution in [2.45, 2.75) is 25.4 Å². The summed E-state index contributed by atoms with van der Waals surface area (Å²) in [5.41, 5.74) is 0.640. The zero-order chi connectivity index (χ0) is 18.4. The minimum atomic E-state index is -0.0406. The molecule has 2 amide bonds. The van der Waals surface area contributed by atoms with Crippen molar-refractivity contribution in [1.82, 2.24) is 15.1 Å². The van der Waals surface area contributed by atoms with Crippen LogP contribution in [0.4, 0.5) is 0 Å². The maximum Gasteiger partial charge on any atom is 0.253 e. The number of rotatable bonds is 6. The van der Waals surface area contributed by atoms with Crippen molar-refractivity contribution < 1.29 is 14.3 Å². The quantitative estimate of drug-likeness (QED) is 0.758. The molecule has 142 valence electrons. The zero-order valence-corrected chi connectivity index (χ0v) is 16.5. The van der Waals surface area contributed by atoms with Crippen LogP contribution < -0.4 is 5.32 Å². The molecule has 1 unspecified atom stereocenters. The fourth-order valence-corrected chi connectivity index (χ4v) is 3.65. The van der Waals surface area contributed by atoms with E-state index in [1.54, 1.807) is 4.90 Å². The van der Waals surface area contributed by atoms with Gasteiger partial charge in [-0.05, 0) is 37.1 Å². The van der Waals surface area contributed by atoms with Crippen LogP contribution in [0, 0.1) is 0 Å². The summed E-state index contributed by atoms with van der Waals surface area (Å²) in [7, 11) is 0. The Balaban J connectivity index is 1.63. The second-order valence-electron chi connectivity index (χ2n) is 6.77. The van der Waals surface area contributed by atoms with Crippen molar-refractivity contribution >= 4 is 27.7 Å². The highest BCUT2D eigenvalue weighted by atomic mass is 79.9. The summed E-state index contributed by atoms with van der Waals surface area (Å²) in [4.78, 5) is 29.1. The van der Waals surface area contributed by atoms with Crippen molar-refractivity contribution in [3.63, 3.8) is 0 Å². The smallest absolute Gasteiger partial charge is 0.253 e. The number of halogens is 1. The number of carbonyl (C=O) groups is 2. The molecule has 0 saturated carbocycles. The van der Waals surface area contributed by atoms with Gasteiger partial charge in [-0.15, -0.1) is 0 Å². The van der Waals surface area contributed by atoms with E-state index in [4.69, 9.17) is 4.74 Å². The highest BCUT2D eigenvalue weighted by molar-refractivity contribution is 9.10. The maximum absolute atomic E-state index is 13.0. The van der Waals surface area contributed by atoms with E-state index in [9.17, 15) is 9.59 Å². The maximum atomic E-state index is 13.0. The van der Waals surface area contributed by atoms with Gasteiger partial charge in [-0.25, -0.2) is 0 Å². The van der Waals surface area contributed by atoms with E-state index >= 15 is 0 Å². The van der Waals surface area contributed by atoms with E-state index < -0.39 is 0 Å². The number of piperazine rings is 1. The van der Waals surface area contributed by atoms with Gasteiger partial charge < -0.3 is 19.9 Å². The summed E-state index contributed by atoms with van der Waals surface area (Å²) < 4.78 is 6.65. The molecule has 26 heavy (non-hydrogen) atoms. The van der Waals surface area contributed by atoms with Crippen LogP contribution in [0.3, 0.4) is 0 Å². The Morgan fingerprint density at radius 3 is 2.62 bits per heavy atom. The number of hydrogen-bond acceptors (Lipinski definition) is 4. The molecule has 0 radical (unpaired) electrons. The number of nitrogens with zero attached hydrogens (tertiary/aromatic N) is 2. The summed E-state index contributed by atoms with van der Waals surface area (Å²) in [6.07, 6.45) is 2.43. The highest BCUT2D eigenvalue weighted by Gasteiger charge is 2.25. The van der Waals surface area contributed by atoms with Crippen molar-refractivity contribution in [2.75, 3.05) is 45.9 Å². The van der Waals surface area contributed by atoms with Crippen LogP contribution >= 0.6 is 15.9 Å². The number of amides is 2. The lowest BCUT2D eigenvalue weighted by Crippen LogP contribution is -2.47. The molecule has 2 fully saturated rings. The third kappa shape index (κ3) is 5.28. The summed E-state index contributed by atoms with van der Waals surface area (Å²) >= 11 is 3.40. The van der Waals surface area contributed by atoms with Crippen molar-refractivity contribution in [1.29, 1.82) is 0 Å². The average Bonchev–Trinajstić information content (AvgIpc) is 3.19. The Labute approximate surface area is 163 Å². The molecule has 2 saturated heterocycles. The van der Waals surface area contributed by atoms with Gasteiger partial charge in [-0.1, -0.05) is 15.9 Å². The number of ether oxygens (including phenoxy) is 1. The Morgan fingerprint density at radius 2 is 1.96 bits per heavy atom. The summed E-state index contributed by atoms with van der Waals surface area (Å²) in [6, 6.07) is 7.35. The fourth-order valence-electron chi connectivity index (χ4n) is 3.39. The van der Waals surface area contributed by atoms with E-state index in [2.05, 4.69) is 21.2 Å². The van der Waals surface area contributed by atoms with E-state index in [0.29, 0.717) is 25.1 Å². The monoisotopic (exact) mass is 423 g/mol. The molecular weight excluding hydrogens is 398 g/mol. The van der Waals surface area contributed by atoms with Crippen molar-refractivity contribution in [2.24, 2.45) is 0 Å². The lowest BCUT2D eigenvalue weighted by atomic mass is 10.1. The SMILES string of the molecule is O=C(CCN(CC1CCCO1)C(=O)c1ccc(Br)cc1)N1CCNCC1. The number of hydrogen-bond donors (Lipinski definition) is 1. The van der Waals surface area contributed by atoms with Gasteiger partial charge in [0.2, 0.25) is 5.91 Å². The van der Waals surface area contributed by atoms with E-state index in [1.807, 2.05) is 29.2 Å².